The molecule has 2 aliphatic rings. The summed E-state index contributed by atoms with van der Waals surface area (Å²) in [5.41, 5.74) is 1.35. The Kier molecular flexibility index (Phi) is 11.2. The summed E-state index contributed by atoms with van der Waals surface area (Å²) < 4.78 is 40.9. The van der Waals surface area contributed by atoms with Crippen molar-refractivity contribution < 1.29 is 27.8 Å². The second-order valence-electron chi connectivity index (χ2n) is 10.8. The second-order valence-corrected chi connectivity index (χ2v) is 12.4. The van der Waals surface area contributed by atoms with Crippen LogP contribution in [-0.4, -0.2) is 98.0 Å². The summed E-state index contributed by atoms with van der Waals surface area (Å²) in [6.45, 7) is 11.4. The van der Waals surface area contributed by atoms with Gasteiger partial charge in [-0.3, -0.25) is 19.4 Å². The first-order valence-electron chi connectivity index (χ1n) is 14.5. The maximum Gasteiger partial charge on any atom is 0.262 e. The number of nitrogens with one attached hydrogen (secondary N) is 1. The van der Waals surface area contributed by atoms with Gasteiger partial charge in [0.05, 0.1) is 18.8 Å². The Balaban J connectivity index is 1.11. The summed E-state index contributed by atoms with van der Waals surface area (Å²) in [6, 6.07) is 12.7. The van der Waals surface area contributed by atoms with Crippen LogP contribution in [0.1, 0.15) is 21.5 Å². The molecular formula is C32H35ClF2N4O4S. The molecule has 2 aliphatic heterocycles. The normalized spacial score (nSPS) is 16.5. The molecule has 234 valence electrons. The van der Waals surface area contributed by atoms with E-state index in [0.29, 0.717) is 11.8 Å². The fraction of sp³-hybridized carbons (Fsp3) is 0.375. The molecular weight excluding hydrogens is 610 g/mol. The van der Waals surface area contributed by atoms with E-state index in [1.807, 2.05) is 25.1 Å². The number of carbonyl (C=O) groups is 2. The monoisotopic (exact) mass is 644 g/mol. The van der Waals surface area contributed by atoms with Crippen LogP contribution in [0.15, 0.2) is 59.5 Å². The summed E-state index contributed by atoms with van der Waals surface area (Å²) in [5, 5.41) is 3.09. The van der Waals surface area contributed by atoms with E-state index in [9.17, 15) is 18.4 Å². The topological polar surface area (TPSA) is 74.3 Å². The summed E-state index contributed by atoms with van der Waals surface area (Å²) in [4.78, 5) is 31.8. The third-order valence-corrected chi connectivity index (χ3v) is 8.87. The van der Waals surface area contributed by atoms with Crippen LogP contribution in [0, 0.1) is 18.6 Å². The minimum atomic E-state index is -0.880. The van der Waals surface area contributed by atoms with E-state index in [1.54, 1.807) is 11.9 Å². The predicted octanol–water partition coefficient (Wildman–Crippen LogP) is 5.13. The standard InChI is InChI=1S/C32H35ClF2N4O4S/c1-22-16-27(44-39-10-8-37(9-11-39)6-7-38-12-14-42-15-13-38)3-4-29(22)36-31(40)21-43-30-5-2-24(33)19-28(30)32(41)23-17-25(34)20-26(35)18-23/h2-5,16-20H,6-15,21H2,1H3,(H,36,40). The van der Waals surface area contributed by atoms with Gasteiger partial charge in [0.1, 0.15) is 17.4 Å². The number of morpholine rings is 1. The Labute approximate surface area is 265 Å². The molecule has 44 heavy (non-hydrogen) atoms. The molecule has 0 radical (unpaired) electrons. The molecule has 3 aromatic carbocycles. The van der Waals surface area contributed by atoms with Gasteiger partial charge in [-0.2, -0.15) is 0 Å². The average molecular weight is 645 g/mol. The highest BCUT2D eigenvalue weighted by Gasteiger charge is 2.21. The number of halogens is 3. The van der Waals surface area contributed by atoms with Crippen molar-refractivity contribution in [1.29, 1.82) is 0 Å². The van der Waals surface area contributed by atoms with E-state index in [-0.39, 0.29) is 28.5 Å². The zero-order chi connectivity index (χ0) is 31.1. The molecule has 8 nitrogen and oxygen atoms in total. The molecule has 0 aliphatic carbocycles. The van der Waals surface area contributed by atoms with Crippen molar-refractivity contribution in [3.63, 3.8) is 0 Å². The van der Waals surface area contributed by atoms with Gasteiger partial charge in [-0.1, -0.05) is 11.6 Å². The molecule has 0 atom stereocenters. The molecule has 0 spiro atoms. The van der Waals surface area contributed by atoms with Crippen molar-refractivity contribution in [2.24, 2.45) is 0 Å². The maximum absolute atomic E-state index is 13.7. The number of nitrogens with zero attached hydrogens (tertiary/aromatic N) is 3. The highest BCUT2D eigenvalue weighted by Crippen LogP contribution is 2.29. The summed E-state index contributed by atoms with van der Waals surface area (Å²) in [6.07, 6.45) is 0. The first-order chi connectivity index (χ1) is 21.2. The summed E-state index contributed by atoms with van der Waals surface area (Å²) >= 11 is 7.79. The largest absolute Gasteiger partial charge is 0.483 e. The first-order valence-corrected chi connectivity index (χ1v) is 15.7. The fourth-order valence-corrected chi connectivity index (χ4v) is 6.28. The van der Waals surface area contributed by atoms with Crippen LogP contribution >= 0.6 is 23.5 Å². The number of ether oxygens (including phenoxy) is 2. The Bertz CT molecular complexity index is 1460. The predicted molar refractivity (Wildman–Crippen MR) is 168 cm³/mol. The number of carbonyl (C=O) groups excluding carboxylic acids is 2. The minimum Gasteiger partial charge on any atom is -0.483 e. The lowest BCUT2D eigenvalue weighted by molar-refractivity contribution is -0.118. The molecule has 3 aromatic rings. The molecule has 0 bridgehead atoms. The number of hydrogen-bond acceptors (Lipinski definition) is 8. The number of amides is 1. The van der Waals surface area contributed by atoms with Crippen LogP contribution < -0.4 is 10.1 Å². The van der Waals surface area contributed by atoms with Gasteiger partial charge in [0.2, 0.25) is 0 Å². The van der Waals surface area contributed by atoms with Crippen LogP contribution in [0.3, 0.4) is 0 Å². The number of aryl methyl sites for hydroxylation is 1. The van der Waals surface area contributed by atoms with E-state index in [0.717, 1.165) is 88.2 Å². The van der Waals surface area contributed by atoms with E-state index in [1.165, 1.54) is 18.2 Å². The zero-order valence-corrected chi connectivity index (χ0v) is 26.1. The SMILES string of the molecule is Cc1cc(SN2CCN(CCN3CCOCC3)CC2)ccc1NC(=O)COc1ccc(Cl)cc1C(=O)c1cc(F)cc(F)c1. The lowest BCUT2D eigenvalue weighted by atomic mass is 10.0. The molecule has 2 heterocycles. The number of hydrogen-bond donors (Lipinski definition) is 1. The Morgan fingerprint density at radius 1 is 0.909 bits per heavy atom. The lowest BCUT2D eigenvalue weighted by Gasteiger charge is -2.35. The van der Waals surface area contributed by atoms with Crippen molar-refractivity contribution in [3.05, 3.63) is 87.9 Å². The number of piperazine rings is 1. The Morgan fingerprint density at radius 3 is 2.27 bits per heavy atom. The fourth-order valence-electron chi connectivity index (χ4n) is 5.11. The van der Waals surface area contributed by atoms with Gasteiger partial charge >= 0.3 is 0 Å². The number of rotatable bonds is 11. The summed E-state index contributed by atoms with van der Waals surface area (Å²) in [7, 11) is 0. The molecule has 2 fully saturated rings. The van der Waals surface area contributed by atoms with Crippen molar-refractivity contribution in [2.75, 3.05) is 77.5 Å². The Morgan fingerprint density at radius 2 is 1.59 bits per heavy atom. The van der Waals surface area contributed by atoms with Gasteiger partial charge in [0, 0.05) is 79.6 Å². The first kappa shape index (κ1) is 32.3. The van der Waals surface area contributed by atoms with E-state index >= 15 is 0 Å². The zero-order valence-electron chi connectivity index (χ0n) is 24.5. The smallest absolute Gasteiger partial charge is 0.262 e. The molecule has 0 aromatic heterocycles. The van der Waals surface area contributed by atoms with Crippen molar-refractivity contribution in [3.8, 4) is 5.75 Å². The van der Waals surface area contributed by atoms with Crippen LogP contribution in [0.4, 0.5) is 14.5 Å². The summed E-state index contributed by atoms with van der Waals surface area (Å²) in [5.74, 6) is -2.79. The van der Waals surface area contributed by atoms with Crippen LogP contribution in [0.5, 0.6) is 5.75 Å². The molecule has 0 unspecified atom stereocenters. The van der Waals surface area contributed by atoms with Crippen molar-refractivity contribution in [2.45, 2.75) is 11.8 Å². The van der Waals surface area contributed by atoms with Crippen molar-refractivity contribution >= 4 is 40.9 Å². The van der Waals surface area contributed by atoms with E-state index in [2.05, 4.69) is 19.4 Å². The molecule has 12 heteroatoms. The molecule has 2 saturated heterocycles. The third kappa shape index (κ3) is 8.99. The van der Waals surface area contributed by atoms with E-state index in [4.69, 9.17) is 21.1 Å². The lowest BCUT2D eigenvalue weighted by Crippen LogP contribution is -2.47. The second kappa shape index (κ2) is 15.3. The Hall–Kier alpha value is -3.06. The maximum atomic E-state index is 13.7. The number of anilines is 1. The van der Waals surface area contributed by atoms with Crippen LogP contribution in [0.2, 0.25) is 5.02 Å². The van der Waals surface area contributed by atoms with Crippen LogP contribution in [-0.2, 0) is 9.53 Å². The van der Waals surface area contributed by atoms with Gasteiger partial charge < -0.3 is 14.8 Å². The van der Waals surface area contributed by atoms with E-state index < -0.39 is 23.3 Å². The van der Waals surface area contributed by atoms with Gasteiger partial charge in [-0.15, -0.1) is 0 Å². The minimum absolute atomic E-state index is 0.00852. The number of benzene rings is 3. The highest BCUT2D eigenvalue weighted by molar-refractivity contribution is 7.97. The molecule has 1 N–H and O–H groups in total. The molecule has 0 saturated carbocycles. The number of ketones is 1. The van der Waals surface area contributed by atoms with Crippen LogP contribution in [0.25, 0.3) is 0 Å². The highest BCUT2D eigenvalue weighted by atomic mass is 35.5. The van der Waals surface area contributed by atoms with Crippen molar-refractivity contribution in [1.82, 2.24) is 14.1 Å². The van der Waals surface area contributed by atoms with Gasteiger partial charge in [0.25, 0.3) is 5.91 Å². The molecule has 1 amide bonds. The molecule has 5 rings (SSSR count). The quantitative estimate of drug-likeness (QED) is 0.228. The van der Waals surface area contributed by atoms with Gasteiger partial charge in [0.15, 0.2) is 12.4 Å². The van der Waals surface area contributed by atoms with Gasteiger partial charge in [-0.05, 0) is 73.0 Å². The third-order valence-electron chi connectivity index (χ3n) is 7.54. The average Bonchev–Trinajstić information content (AvgIpc) is 3.01. The van der Waals surface area contributed by atoms with Gasteiger partial charge in [-0.25, -0.2) is 13.1 Å².